The predicted octanol–water partition coefficient (Wildman–Crippen LogP) is 2.73. The number of carbonyl (C=O) groups is 1. The van der Waals surface area contributed by atoms with Crippen LogP contribution in [0.15, 0.2) is 22.7 Å². The van der Waals surface area contributed by atoms with E-state index in [9.17, 15) is 14.3 Å². The minimum atomic E-state index is -0.428. The molecule has 5 heteroatoms. The topological polar surface area (TPSA) is 49.3 Å². The molecule has 2 atom stereocenters. The van der Waals surface area contributed by atoms with Crippen molar-refractivity contribution < 1.29 is 14.3 Å². The Morgan fingerprint density at radius 3 is 2.89 bits per heavy atom. The van der Waals surface area contributed by atoms with Gasteiger partial charge in [-0.1, -0.05) is 6.42 Å². The van der Waals surface area contributed by atoms with Crippen LogP contribution < -0.4 is 5.32 Å². The number of nitrogens with one attached hydrogen (secondary N) is 1. The molecule has 1 aliphatic rings. The van der Waals surface area contributed by atoms with E-state index in [2.05, 4.69) is 21.2 Å². The Hall–Kier alpha value is -0.940. The van der Waals surface area contributed by atoms with Gasteiger partial charge in [0, 0.05) is 17.6 Å². The molecule has 2 rings (SSSR count). The third-order valence-electron chi connectivity index (χ3n) is 3.75. The highest BCUT2D eigenvalue weighted by Gasteiger charge is 2.27. The second kappa shape index (κ2) is 6.48. The second-order valence-corrected chi connectivity index (χ2v) is 5.82. The molecule has 3 nitrogen and oxygen atoms in total. The van der Waals surface area contributed by atoms with Gasteiger partial charge in [-0.05, 0) is 58.8 Å². The van der Waals surface area contributed by atoms with Crippen LogP contribution in [-0.2, 0) is 0 Å². The fraction of sp³-hybridized carbons (Fsp3) is 0.500. The van der Waals surface area contributed by atoms with E-state index in [1.165, 1.54) is 18.2 Å². The molecule has 1 fully saturated rings. The van der Waals surface area contributed by atoms with Crippen molar-refractivity contribution in [3.05, 3.63) is 34.1 Å². The van der Waals surface area contributed by atoms with Gasteiger partial charge in [0.05, 0.1) is 5.56 Å². The van der Waals surface area contributed by atoms with Crippen LogP contribution in [0.3, 0.4) is 0 Å². The molecule has 0 heterocycles. The lowest BCUT2D eigenvalue weighted by atomic mass is 9.97. The Morgan fingerprint density at radius 2 is 2.16 bits per heavy atom. The number of aliphatic hydroxyl groups is 1. The van der Waals surface area contributed by atoms with Crippen LogP contribution in [0, 0.1) is 17.7 Å². The number of aliphatic hydroxyl groups excluding tert-OH is 1. The molecular weight excluding hydrogens is 313 g/mol. The summed E-state index contributed by atoms with van der Waals surface area (Å²) in [5.74, 6) is -0.116. The number of halogens is 2. The molecule has 0 aromatic heterocycles. The smallest absolute Gasteiger partial charge is 0.252 e. The zero-order valence-corrected chi connectivity index (χ0v) is 12.1. The summed E-state index contributed by atoms with van der Waals surface area (Å²) in [5.41, 5.74) is 0.304. The van der Waals surface area contributed by atoms with E-state index < -0.39 is 5.82 Å². The van der Waals surface area contributed by atoms with E-state index in [0.717, 1.165) is 19.3 Å². The van der Waals surface area contributed by atoms with Crippen LogP contribution in [-0.4, -0.2) is 24.2 Å². The highest BCUT2D eigenvalue weighted by Crippen LogP contribution is 2.30. The van der Waals surface area contributed by atoms with Crippen LogP contribution in [0.2, 0.25) is 0 Å². The van der Waals surface area contributed by atoms with E-state index in [-0.39, 0.29) is 18.4 Å². The van der Waals surface area contributed by atoms with Gasteiger partial charge in [0.2, 0.25) is 0 Å². The van der Waals surface area contributed by atoms with Gasteiger partial charge in [-0.25, -0.2) is 4.39 Å². The molecule has 19 heavy (non-hydrogen) atoms. The molecule has 1 amide bonds. The molecule has 1 aliphatic carbocycles. The first kappa shape index (κ1) is 14.5. The normalized spacial score (nSPS) is 22.5. The van der Waals surface area contributed by atoms with Gasteiger partial charge >= 0.3 is 0 Å². The SMILES string of the molecule is O=C(NCC1CCCC1CO)c1cc(F)ccc1Br. The molecule has 0 saturated heterocycles. The van der Waals surface area contributed by atoms with E-state index in [1.807, 2.05) is 0 Å². The van der Waals surface area contributed by atoms with Gasteiger partial charge in [0.25, 0.3) is 5.91 Å². The zero-order chi connectivity index (χ0) is 13.8. The van der Waals surface area contributed by atoms with Crippen LogP contribution in [0.4, 0.5) is 4.39 Å². The van der Waals surface area contributed by atoms with Crippen molar-refractivity contribution in [2.45, 2.75) is 19.3 Å². The maximum Gasteiger partial charge on any atom is 0.252 e. The number of rotatable bonds is 4. The molecule has 1 aromatic rings. The zero-order valence-electron chi connectivity index (χ0n) is 10.5. The fourth-order valence-corrected chi connectivity index (χ4v) is 3.04. The average Bonchev–Trinajstić information content (AvgIpc) is 2.86. The standard InChI is InChI=1S/C14H17BrFNO2/c15-13-5-4-11(16)6-12(13)14(19)17-7-9-2-1-3-10(9)8-18/h4-6,9-10,18H,1-3,7-8H2,(H,17,19). The van der Waals surface area contributed by atoms with Crippen molar-refractivity contribution in [2.24, 2.45) is 11.8 Å². The molecule has 104 valence electrons. The van der Waals surface area contributed by atoms with E-state index in [4.69, 9.17) is 0 Å². The number of hydrogen-bond acceptors (Lipinski definition) is 2. The molecule has 2 unspecified atom stereocenters. The monoisotopic (exact) mass is 329 g/mol. The lowest BCUT2D eigenvalue weighted by Crippen LogP contribution is -2.31. The van der Waals surface area contributed by atoms with Crippen molar-refractivity contribution in [3.63, 3.8) is 0 Å². The number of hydrogen-bond donors (Lipinski definition) is 2. The van der Waals surface area contributed by atoms with Gasteiger partial charge < -0.3 is 10.4 Å². The molecule has 0 spiro atoms. The largest absolute Gasteiger partial charge is 0.396 e. The highest BCUT2D eigenvalue weighted by atomic mass is 79.9. The summed E-state index contributed by atoms with van der Waals surface area (Å²) in [4.78, 5) is 12.0. The van der Waals surface area contributed by atoms with E-state index >= 15 is 0 Å². The number of benzene rings is 1. The molecular formula is C14H17BrFNO2. The second-order valence-electron chi connectivity index (χ2n) is 4.97. The van der Waals surface area contributed by atoms with Crippen molar-refractivity contribution in [1.29, 1.82) is 0 Å². The Bertz CT molecular complexity index is 467. The Kier molecular flexibility index (Phi) is 4.93. The van der Waals surface area contributed by atoms with Gasteiger partial charge in [0.15, 0.2) is 0 Å². The fourth-order valence-electron chi connectivity index (χ4n) is 2.61. The minimum Gasteiger partial charge on any atom is -0.396 e. The Balaban J connectivity index is 1.96. The third-order valence-corrected chi connectivity index (χ3v) is 4.44. The first-order chi connectivity index (χ1) is 9.11. The average molecular weight is 330 g/mol. The quantitative estimate of drug-likeness (QED) is 0.892. The predicted molar refractivity (Wildman–Crippen MR) is 74.4 cm³/mol. The Labute approximate surface area is 120 Å². The van der Waals surface area contributed by atoms with Gasteiger partial charge in [-0.2, -0.15) is 0 Å². The maximum atomic E-state index is 13.1. The maximum absolute atomic E-state index is 13.1. The number of amides is 1. The minimum absolute atomic E-state index is 0.171. The van der Waals surface area contributed by atoms with Crippen LogP contribution in [0.25, 0.3) is 0 Å². The molecule has 0 radical (unpaired) electrons. The molecule has 0 aliphatic heterocycles. The highest BCUT2D eigenvalue weighted by molar-refractivity contribution is 9.10. The van der Waals surface area contributed by atoms with E-state index in [0.29, 0.717) is 22.5 Å². The van der Waals surface area contributed by atoms with Crippen molar-refractivity contribution in [2.75, 3.05) is 13.2 Å². The van der Waals surface area contributed by atoms with Crippen LogP contribution in [0.1, 0.15) is 29.6 Å². The summed E-state index contributed by atoms with van der Waals surface area (Å²) in [6.07, 6.45) is 3.13. The summed E-state index contributed by atoms with van der Waals surface area (Å²) in [7, 11) is 0. The first-order valence-corrected chi connectivity index (χ1v) is 7.25. The van der Waals surface area contributed by atoms with Gasteiger partial charge in [-0.15, -0.1) is 0 Å². The summed E-state index contributed by atoms with van der Waals surface area (Å²) < 4.78 is 13.7. The molecule has 2 N–H and O–H groups in total. The summed E-state index contributed by atoms with van der Waals surface area (Å²) in [6, 6.07) is 4.05. The number of carbonyl (C=O) groups excluding carboxylic acids is 1. The summed E-state index contributed by atoms with van der Waals surface area (Å²) >= 11 is 3.24. The van der Waals surface area contributed by atoms with Crippen molar-refractivity contribution in [1.82, 2.24) is 5.32 Å². The molecule has 0 bridgehead atoms. The molecule has 1 saturated carbocycles. The van der Waals surface area contributed by atoms with Crippen LogP contribution in [0.5, 0.6) is 0 Å². The lowest BCUT2D eigenvalue weighted by molar-refractivity contribution is 0.0936. The van der Waals surface area contributed by atoms with Crippen molar-refractivity contribution >= 4 is 21.8 Å². The first-order valence-electron chi connectivity index (χ1n) is 6.46. The Morgan fingerprint density at radius 1 is 1.42 bits per heavy atom. The van der Waals surface area contributed by atoms with Gasteiger partial charge in [-0.3, -0.25) is 4.79 Å². The van der Waals surface area contributed by atoms with Gasteiger partial charge in [0.1, 0.15) is 5.82 Å². The summed E-state index contributed by atoms with van der Waals surface area (Å²) in [6.45, 7) is 0.706. The molecule has 1 aromatic carbocycles. The lowest BCUT2D eigenvalue weighted by Gasteiger charge is -2.18. The van der Waals surface area contributed by atoms with Crippen molar-refractivity contribution in [3.8, 4) is 0 Å². The van der Waals surface area contributed by atoms with Crippen LogP contribution >= 0.6 is 15.9 Å². The summed E-state index contributed by atoms with van der Waals surface area (Å²) in [5, 5.41) is 12.1. The third kappa shape index (κ3) is 3.54. The van der Waals surface area contributed by atoms with E-state index in [1.54, 1.807) is 0 Å².